The lowest BCUT2D eigenvalue weighted by atomic mass is 9.85. The SMILES string of the molecule is COc1cc(OC)c(Cc2ccccc2NC(=O)Cc2ccc3oc(C(O)c4c(C)noc4C)cc3c2)c(C(C(=O)O)c2ccc3oc(C(O)c4c(C)noc4C)cc3c2)c1. The number of aromatic nitrogens is 2. The van der Waals surface area contributed by atoms with Crippen LogP contribution in [0.15, 0.2) is 103 Å². The highest BCUT2D eigenvalue weighted by molar-refractivity contribution is 5.94. The van der Waals surface area contributed by atoms with Crippen LogP contribution in [0.4, 0.5) is 5.69 Å². The molecule has 61 heavy (non-hydrogen) atoms. The number of carboxylic acid groups (broad SMARTS) is 1. The molecule has 0 aliphatic heterocycles. The molecule has 0 fully saturated rings. The summed E-state index contributed by atoms with van der Waals surface area (Å²) < 4.78 is 33.9. The first-order valence-electron chi connectivity index (χ1n) is 19.5. The Balaban J connectivity index is 1.07. The zero-order valence-electron chi connectivity index (χ0n) is 34.2. The van der Waals surface area contributed by atoms with Gasteiger partial charge in [-0.25, -0.2) is 0 Å². The van der Waals surface area contributed by atoms with Crippen LogP contribution in [-0.4, -0.2) is 51.7 Å². The lowest BCUT2D eigenvalue weighted by Gasteiger charge is -2.22. The van der Waals surface area contributed by atoms with Crippen molar-refractivity contribution in [1.29, 1.82) is 0 Å². The summed E-state index contributed by atoms with van der Waals surface area (Å²) in [6.45, 7) is 6.92. The van der Waals surface area contributed by atoms with E-state index in [1.54, 1.807) is 88.4 Å². The molecule has 0 saturated carbocycles. The summed E-state index contributed by atoms with van der Waals surface area (Å²) in [5.41, 5.74) is 6.63. The number of benzene rings is 4. The Bertz CT molecular complexity index is 2900. The number of anilines is 1. The second-order valence-corrected chi connectivity index (χ2v) is 15.0. The van der Waals surface area contributed by atoms with Crippen LogP contribution in [0.3, 0.4) is 0 Å². The average molecular weight is 826 g/mol. The Kier molecular flexibility index (Phi) is 11.0. The number of hydrogen-bond acceptors (Lipinski definition) is 12. The van der Waals surface area contributed by atoms with Crippen molar-refractivity contribution in [2.75, 3.05) is 19.5 Å². The van der Waals surface area contributed by atoms with E-state index in [0.29, 0.717) is 90.2 Å². The molecule has 0 saturated heterocycles. The zero-order chi connectivity index (χ0) is 43.1. The van der Waals surface area contributed by atoms with Crippen LogP contribution >= 0.6 is 0 Å². The van der Waals surface area contributed by atoms with Gasteiger partial charge in [-0.05, 0) is 98.5 Å². The number of ether oxygens (including phenoxy) is 2. The van der Waals surface area contributed by atoms with Crippen LogP contribution in [0, 0.1) is 27.7 Å². The summed E-state index contributed by atoms with van der Waals surface area (Å²) in [5.74, 6) is -0.204. The van der Waals surface area contributed by atoms with Gasteiger partial charge in [-0.2, -0.15) is 0 Å². The maximum atomic E-state index is 13.6. The van der Waals surface area contributed by atoms with Crippen molar-refractivity contribution in [3.8, 4) is 11.5 Å². The first-order chi connectivity index (χ1) is 29.3. The van der Waals surface area contributed by atoms with Crippen LogP contribution in [0.1, 0.15) is 91.5 Å². The van der Waals surface area contributed by atoms with Gasteiger partial charge >= 0.3 is 5.97 Å². The molecular weight excluding hydrogens is 783 g/mol. The quantitative estimate of drug-likeness (QED) is 0.0813. The van der Waals surface area contributed by atoms with Crippen LogP contribution in [0.2, 0.25) is 0 Å². The van der Waals surface area contributed by atoms with Gasteiger partial charge in [0.25, 0.3) is 0 Å². The summed E-state index contributed by atoms with van der Waals surface area (Å²) in [6, 6.07) is 24.6. The van der Waals surface area contributed by atoms with E-state index in [9.17, 15) is 24.9 Å². The summed E-state index contributed by atoms with van der Waals surface area (Å²) in [6.07, 6.45) is -1.96. The molecule has 3 atom stereocenters. The maximum absolute atomic E-state index is 13.6. The molecule has 8 rings (SSSR count). The minimum Gasteiger partial charge on any atom is -0.497 e. The first kappa shape index (κ1) is 40.6. The van der Waals surface area contributed by atoms with Gasteiger partial charge in [0.1, 0.15) is 63.8 Å². The zero-order valence-corrected chi connectivity index (χ0v) is 34.2. The molecule has 8 aromatic rings. The molecule has 1 amide bonds. The Morgan fingerprint density at radius 3 is 1.92 bits per heavy atom. The number of nitrogens with one attached hydrogen (secondary N) is 1. The fourth-order valence-electron chi connectivity index (χ4n) is 8.01. The number of carbonyl (C=O) groups is 2. The molecule has 0 aliphatic carbocycles. The number of methoxy groups -OCH3 is 2. The highest BCUT2D eigenvalue weighted by Gasteiger charge is 2.30. The number of aliphatic carboxylic acids is 1. The molecule has 4 N–H and O–H groups in total. The molecule has 4 aromatic carbocycles. The Hall–Kier alpha value is -7.16. The molecule has 4 aromatic heterocycles. The van der Waals surface area contributed by atoms with Crippen LogP contribution in [-0.2, 0) is 22.4 Å². The maximum Gasteiger partial charge on any atom is 0.315 e. The van der Waals surface area contributed by atoms with E-state index in [1.165, 1.54) is 14.2 Å². The number of hydrogen-bond donors (Lipinski definition) is 4. The van der Waals surface area contributed by atoms with Gasteiger partial charge in [-0.1, -0.05) is 40.6 Å². The van der Waals surface area contributed by atoms with E-state index in [0.717, 1.165) is 16.5 Å². The van der Waals surface area contributed by atoms with Gasteiger partial charge in [0, 0.05) is 34.5 Å². The summed E-state index contributed by atoms with van der Waals surface area (Å²) in [7, 11) is 3.00. The Morgan fingerprint density at radius 2 is 1.34 bits per heavy atom. The van der Waals surface area contributed by atoms with Crippen molar-refractivity contribution in [3.05, 3.63) is 158 Å². The molecule has 0 aliphatic rings. The largest absolute Gasteiger partial charge is 0.497 e. The smallest absolute Gasteiger partial charge is 0.315 e. The number of carbonyl (C=O) groups excluding carboxylic acids is 1. The van der Waals surface area contributed by atoms with Crippen molar-refractivity contribution >= 4 is 39.5 Å². The summed E-state index contributed by atoms with van der Waals surface area (Å²) in [5, 5.41) is 45.3. The third-order valence-corrected chi connectivity index (χ3v) is 11.0. The van der Waals surface area contributed by atoms with E-state index in [2.05, 4.69) is 15.6 Å². The topological polar surface area (TPSA) is 204 Å². The molecular formula is C47H43N3O11. The van der Waals surface area contributed by atoms with E-state index in [4.69, 9.17) is 27.4 Å². The van der Waals surface area contributed by atoms with Gasteiger partial charge in [0.15, 0.2) is 0 Å². The number of rotatable bonds is 14. The summed E-state index contributed by atoms with van der Waals surface area (Å²) >= 11 is 0. The highest BCUT2D eigenvalue weighted by Crippen LogP contribution is 2.41. The second kappa shape index (κ2) is 16.5. The number of carboxylic acids is 1. The van der Waals surface area contributed by atoms with Gasteiger partial charge in [-0.15, -0.1) is 0 Å². The van der Waals surface area contributed by atoms with E-state index >= 15 is 0 Å². The minimum absolute atomic E-state index is 0.0445. The highest BCUT2D eigenvalue weighted by atomic mass is 16.5. The summed E-state index contributed by atoms with van der Waals surface area (Å²) in [4.78, 5) is 27.0. The van der Waals surface area contributed by atoms with E-state index in [-0.39, 0.29) is 24.5 Å². The molecule has 0 bridgehead atoms. The van der Waals surface area contributed by atoms with Crippen LogP contribution in [0.5, 0.6) is 11.5 Å². The average Bonchev–Trinajstić information content (AvgIpc) is 4.03. The second-order valence-electron chi connectivity index (χ2n) is 15.0. The van der Waals surface area contributed by atoms with Crippen molar-refractivity contribution in [3.63, 3.8) is 0 Å². The molecule has 14 heteroatoms. The van der Waals surface area contributed by atoms with Crippen LogP contribution < -0.4 is 14.8 Å². The number of nitrogens with zero attached hydrogens (tertiary/aromatic N) is 2. The van der Waals surface area contributed by atoms with Gasteiger partial charge in [0.2, 0.25) is 5.91 Å². The normalized spacial score (nSPS) is 13.0. The lowest BCUT2D eigenvalue weighted by Crippen LogP contribution is -2.17. The number of fused-ring (bicyclic) bond motifs is 2. The molecule has 4 heterocycles. The number of para-hydroxylation sites is 1. The van der Waals surface area contributed by atoms with Crippen molar-refractivity contribution in [2.45, 2.75) is 58.7 Å². The number of aliphatic hydroxyl groups is 2. The third-order valence-electron chi connectivity index (χ3n) is 11.0. The standard InChI is InChI=1S/C47H43N3O11/c1-23-42(25(3)60-49-23)45(52)39-19-30-15-27(11-13-36(30)58-39)16-41(51)48-35-10-8-7-9-28(35)18-33-34(21-32(56-5)22-38(33)57-6)44(47(54)55)29-12-14-37-31(17-29)20-40(59-37)46(53)43-24(2)50-61-26(43)4/h7-15,17,19-22,44-46,52-53H,16,18H2,1-6H3,(H,48,51)(H,54,55). The minimum atomic E-state index is -1.18. The lowest BCUT2D eigenvalue weighted by molar-refractivity contribution is -0.137. The van der Waals surface area contributed by atoms with Gasteiger partial charge in [0.05, 0.1) is 43.2 Å². The Morgan fingerprint density at radius 1 is 0.738 bits per heavy atom. The van der Waals surface area contributed by atoms with Gasteiger partial charge < -0.3 is 48.0 Å². The predicted molar refractivity (Wildman–Crippen MR) is 223 cm³/mol. The number of aryl methyl sites for hydroxylation is 4. The predicted octanol–water partition coefficient (Wildman–Crippen LogP) is 8.56. The Labute approximate surface area is 349 Å². The van der Waals surface area contributed by atoms with E-state index in [1.807, 2.05) is 24.3 Å². The van der Waals surface area contributed by atoms with Crippen molar-refractivity contribution < 1.29 is 52.3 Å². The molecule has 14 nitrogen and oxygen atoms in total. The van der Waals surface area contributed by atoms with Crippen molar-refractivity contribution in [2.24, 2.45) is 0 Å². The first-order valence-corrected chi connectivity index (χ1v) is 19.5. The fraction of sp³-hybridized carbons (Fsp3) is 0.234. The van der Waals surface area contributed by atoms with Crippen LogP contribution in [0.25, 0.3) is 21.9 Å². The van der Waals surface area contributed by atoms with E-state index < -0.39 is 24.1 Å². The fourth-order valence-corrected chi connectivity index (χ4v) is 8.01. The number of furan rings is 2. The number of aliphatic hydroxyl groups excluding tert-OH is 2. The number of amides is 1. The third kappa shape index (κ3) is 7.86. The monoisotopic (exact) mass is 825 g/mol. The van der Waals surface area contributed by atoms with Gasteiger partial charge in [-0.3, -0.25) is 9.59 Å². The molecule has 312 valence electrons. The molecule has 3 unspecified atom stereocenters. The molecule has 0 spiro atoms. The molecule has 0 radical (unpaired) electrons. The van der Waals surface area contributed by atoms with Crippen molar-refractivity contribution in [1.82, 2.24) is 10.3 Å².